The molecule has 0 spiro atoms. The molecule has 0 saturated carbocycles. The molecule has 0 aliphatic heterocycles. The fraction of sp³-hybridized carbons (Fsp3) is 0.727. The Morgan fingerprint density at radius 2 is 0.427 bits per heavy atom. The minimum Gasteiger partial charge on any atom is -0.463 e. The highest BCUT2D eigenvalue weighted by Gasteiger charge is 2.29. The van der Waals surface area contributed by atoms with Gasteiger partial charge >= 0.3 is 33.6 Å². The average molecular weight is 1680 g/mol. The summed E-state index contributed by atoms with van der Waals surface area (Å²) in [6, 6.07) is 0. The molecule has 0 aromatic heterocycles. The second-order valence-corrected chi connectivity index (χ2v) is 34.4. The van der Waals surface area contributed by atoms with E-state index in [0.29, 0.717) is 19.3 Å². The van der Waals surface area contributed by atoms with Crippen LogP contribution < -0.4 is 0 Å². The van der Waals surface area contributed by atoms with Gasteiger partial charge in [-0.15, -0.1) is 0 Å². The Balaban J connectivity index is 4.62. The Bertz CT molecular complexity index is 2710. The van der Waals surface area contributed by atoms with Crippen molar-refractivity contribution in [1.29, 1.82) is 0 Å². The molecule has 5 atom stereocenters. The van der Waals surface area contributed by atoms with Crippen LogP contribution >= 0.6 is 15.6 Å². The summed E-state index contributed by atoms with van der Waals surface area (Å²) in [6.45, 7) is 2.64. The third-order valence-corrected chi connectivity index (χ3v) is 21.9. The highest BCUT2D eigenvalue weighted by Crippen LogP contribution is 2.45. The van der Waals surface area contributed by atoms with Crippen LogP contribution in [-0.4, -0.2) is 95.9 Å². The molecule has 0 aliphatic rings. The van der Waals surface area contributed by atoms with Crippen LogP contribution in [0.1, 0.15) is 406 Å². The summed E-state index contributed by atoms with van der Waals surface area (Å²) in [5.74, 6) is -1.58. The number of aliphatic hydroxyl groups excluding tert-OH is 2. The van der Waals surface area contributed by atoms with Crippen molar-refractivity contribution in [2.75, 3.05) is 39.6 Å². The molecule has 0 amide bonds. The van der Waals surface area contributed by atoms with E-state index in [0.717, 1.165) is 141 Å². The topological polar surface area (TPSA) is 231 Å². The van der Waals surface area contributed by atoms with Crippen LogP contribution in [-0.2, 0) is 55.8 Å². The number of allylic oxidation sites excluding steroid dienone is 24. The standard InChI is InChI=1S/C99H172O16P2/c1-4-7-10-13-16-19-22-25-28-31-34-37-40-43-44-45-46-47-48-51-53-55-58-61-64-67-70-73-76-79-82-85-97(102)109-88-94(100)89-111-116(105,106)112-90-95(101)91-113-117(107,108)114-93-96(115-99(104)87-84-81-78-75-72-69-66-63-60-57-54-50-42-39-36-33-30-27-24-21-18-15-12-9-6-3)92-110-98(103)86-83-80-77-74-71-68-65-62-59-56-52-49-41-38-35-32-29-26-23-20-17-14-11-8-5-2/h16-21,25-30,34-39,43-44,49-50,52,54,94-96,100-101H,4-15,22-24,31-33,40-42,45-48,51,53,55-93H2,1-3H3,(H,105,106)(H,107,108)/b19-16-,20-17-,21-18-,28-25-,29-26-,30-27-,37-34-,38-35-,39-36-,44-43-,52-49-,54-50-. The normalized spacial score (nSPS) is 14.4. The molecule has 5 unspecified atom stereocenters. The van der Waals surface area contributed by atoms with Crippen LogP contribution in [0.2, 0.25) is 0 Å². The summed E-state index contributed by atoms with van der Waals surface area (Å²) in [7, 11) is -9.81. The predicted molar refractivity (Wildman–Crippen MR) is 491 cm³/mol. The lowest BCUT2D eigenvalue weighted by atomic mass is 10.0. The van der Waals surface area contributed by atoms with E-state index in [4.69, 9.17) is 32.3 Å². The Morgan fingerprint density at radius 1 is 0.239 bits per heavy atom. The quantitative estimate of drug-likeness (QED) is 0.0146. The summed E-state index contributed by atoms with van der Waals surface area (Å²) in [5.41, 5.74) is 0. The van der Waals surface area contributed by atoms with E-state index in [-0.39, 0.29) is 19.3 Å². The first kappa shape index (κ1) is 112. The zero-order valence-electron chi connectivity index (χ0n) is 74.3. The molecule has 117 heavy (non-hydrogen) atoms. The molecule has 0 saturated heterocycles. The van der Waals surface area contributed by atoms with Gasteiger partial charge in [0.1, 0.15) is 25.4 Å². The minimum absolute atomic E-state index is 0.0931. The number of ether oxygens (including phenoxy) is 3. The second-order valence-electron chi connectivity index (χ2n) is 31.5. The van der Waals surface area contributed by atoms with Crippen LogP contribution in [0, 0.1) is 0 Å². The Hall–Kier alpha value is -4.57. The predicted octanol–water partition coefficient (Wildman–Crippen LogP) is 29.1. The number of hydrogen-bond acceptors (Lipinski definition) is 14. The van der Waals surface area contributed by atoms with Crippen LogP contribution in [0.4, 0.5) is 0 Å². The van der Waals surface area contributed by atoms with Gasteiger partial charge in [0.25, 0.3) is 0 Å². The van der Waals surface area contributed by atoms with Crippen molar-refractivity contribution in [2.24, 2.45) is 0 Å². The zero-order valence-corrected chi connectivity index (χ0v) is 76.1. The SMILES string of the molecule is CCCCC/C=C\C/C=C\C/C=C\C/C=C\CCCCCCCCCCCCCCCCCC(=O)OCC(O)COP(=O)(O)OCC(O)COP(=O)(O)OCC(COC(=O)CCCCCCCCCCC/C=C\C/C=C\C/C=C\C/C=C\CCCCC)OC(=O)CCCCCCCCCCC/C=C\C/C=C\C/C=C\C/C=C\CCCCC. The number of phosphoric acid groups is 2. The summed E-state index contributed by atoms with van der Waals surface area (Å²) < 4.78 is 61.5. The molecule has 16 nitrogen and oxygen atoms in total. The van der Waals surface area contributed by atoms with Gasteiger partial charge in [0.2, 0.25) is 0 Å². The van der Waals surface area contributed by atoms with E-state index in [1.165, 1.54) is 205 Å². The van der Waals surface area contributed by atoms with E-state index in [2.05, 4.69) is 167 Å². The number of rotatable bonds is 89. The number of hydrogen-bond donors (Lipinski definition) is 4. The molecule has 674 valence electrons. The molecule has 0 radical (unpaired) electrons. The molecule has 0 rings (SSSR count). The fourth-order valence-corrected chi connectivity index (χ4v) is 14.4. The highest BCUT2D eigenvalue weighted by molar-refractivity contribution is 7.47. The van der Waals surface area contributed by atoms with Gasteiger partial charge in [-0.3, -0.25) is 32.5 Å². The molecular weight excluding hydrogens is 1510 g/mol. The lowest BCUT2D eigenvalue weighted by molar-refractivity contribution is -0.161. The second kappa shape index (κ2) is 90.7. The maximum atomic E-state index is 13.1. The fourth-order valence-electron chi connectivity index (χ4n) is 12.8. The van der Waals surface area contributed by atoms with Gasteiger partial charge in [0.15, 0.2) is 6.10 Å². The number of phosphoric ester groups is 2. The van der Waals surface area contributed by atoms with Gasteiger partial charge in [-0.25, -0.2) is 9.13 Å². The molecule has 0 aromatic rings. The number of carbonyl (C=O) groups is 3. The maximum Gasteiger partial charge on any atom is 0.472 e. The summed E-state index contributed by atoms with van der Waals surface area (Å²) in [6.07, 6.45) is 115. The van der Waals surface area contributed by atoms with Gasteiger partial charge < -0.3 is 34.2 Å². The summed E-state index contributed by atoms with van der Waals surface area (Å²) in [5, 5.41) is 20.7. The van der Waals surface area contributed by atoms with E-state index < -0.39 is 91.5 Å². The lowest BCUT2D eigenvalue weighted by Gasteiger charge is -2.21. The van der Waals surface area contributed by atoms with Crippen LogP contribution in [0.15, 0.2) is 146 Å². The molecule has 0 heterocycles. The van der Waals surface area contributed by atoms with E-state index in [9.17, 15) is 43.5 Å². The molecule has 4 N–H and O–H groups in total. The largest absolute Gasteiger partial charge is 0.472 e. The molecule has 0 bridgehead atoms. The molecule has 0 fully saturated rings. The first-order valence-corrected chi connectivity index (χ1v) is 50.1. The third kappa shape index (κ3) is 92.0. The van der Waals surface area contributed by atoms with Gasteiger partial charge in [0, 0.05) is 19.3 Å². The molecular formula is C99H172O16P2. The van der Waals surface area contributed by atoms with Crippen molar-refractivity contribution in [3.63, 3.8) is 0 Å². The number of unbranched alkanes of at least 4 members (excludes halogenated alkanes) is 42. The number of esters is 3. The van der Waals surface area contributed by atoms with Crippen LogP contribution in [0.3, 0.4) is 0 Å². The lowest BCUT2D eigenvalue weighted by Crippen LogP contribution is -2.30. The van der Waals surface area contributed by atoms with Gasteiger partial charge in [-0.1, -0.05) is 378 Å². The van der Waals surface area contributed by atoms with Crippen molar-refractivity contribution in [1.82, 2.24) is 0 Å². The Morgan fingerprint density at radius 3 is 0.675 bits per heavy atom. The number of aliphatic hydroxyl groups is 2. The van der Waals surface area contributed by atoms with Gasteiger partial charge in [-0.05, 0) is 154 Å². The number of carbonyl (C=O) groups excluding carboxylic acids is 3. The van der Waals surface area contributed by atoms with E-state index in [1.807, 2.05) is 0 Å². The summed E-state index contributed by atoms with van der Waals surface area (Å²) in [4.78, 5) is 59.1. The van der Waals surface area contributed by atoms with Crippen LogP contribution in [0.5, 0.6) is 0 Å². The van der Waals surface area contributed by atoms with E-state index in [1.54, 1.807) is 0 Å². The monoisotopic (exact) mass is 1680 g/mol. The zero-order chi connectivity index (χ0) is 85.1. The summed E-state index contributed by atoms with van der Waals surface area (Å²) >= 11 is 0. The van der Waals surface area contributed by atoms with E-state index >= 15 is 0 Å². The Kier molecular flexibility index (Phi) is 87.1. The van der Waals surface area contributed by atoms with Crippen LogP contribution in [0.25, 0.3) is 0 Å². The smallest absolute Gasteiger partial charge is 0.463 e. The van der Waals surface area contributed by atoms with Crippen molar-refractivity contribution < 1.29 is 75.8 Å². The van der Waals surface area contributed by atoms with Crippen molar-refractivity contribution in [3.05, 3.63) is 146 Å². The highest BCUT2D eigenvalue weighted by atomic mass is 31.2. The Labute approximate surface area is 715 Å². The van der Waals surface area contributed by atoms with Crippen molar-refractivity contribution >= 4 is 33.6 Å². The van der Waals surface area contributed by atoms with Crippen molar-refractivity contribution in [3.8, 4) is 0 Å². The van der Waals surface area contributed by atoms with Crippen molar-refractivity contribution in [2.45, 2.75) is 424 Å². The first-order chi connectivity index (χ1) is 57.2. The maximum absolute atomic E-state index is 13.1. The molecule has 0 aromatic carbocycles. The minimum atomic E-state index is -4.95. The third-order valence-electron chi connectivity index (χ3n) is 20.0. The van der Waals surface area contributed by atoms with Gasteiger partial charge in [0.05, 0.1) is 26.4 Å². The first-order valence-electron chi connectivity index (χ1n) is 47.1. The average Bonchev–Trinajstić information content (AvgIpc) is 0.784. The molecule has 0 aliphatic carbocycles. The van der Waals surface area contributed by atoms with Gasteiger partial charge in [-0.2, -0.15) is 0 Å². The molecule has 18 heteroatoms.